The van der Waals surface area contributed by atoms with E-state index >= 15 is 0 Å². The molecule has 0 radical (unpaired) electrons. The number of methoxy groups -OCH3 is 2. The largest absolute Gasteiger partial charge is 0.480 e. The molecule has 3 N–H and O–H groups in total. The number of epoxide rings is 1. The van der Waals surface area contributed by atoms with Gasteiger partial charge in [0.25, 0.3) is 0 Å². The number of ether oxygens (including phenoxy) is 7. The van der Waals surface area contributed by atoms with E-state index in [9.17, 15) is 19.8 Å². The van der Waals surface area contributed by atoms with Gasteiger partial charge in [-0.2, -0.15) is 0 Å². The van der Waals surface area contributed by atoms with Gasteiger partial charge < -0.3 is 53.1 Å². The Bertz CT molecular complexity index is 2260. The summed E-state index contributed by atoms with van der Waals surface area (Å²) < 4.78 is 47.1. The minimum Gasteiger partial charge on any atom is -0.480 e. The number of halogens is 1. The summed E-state index contributed by atoms with van der Waals surface area (Å²) in [6.07, 6.45) is 2.98. The Balaban J connectivity index is 1.51. The molecule has 1 aromatic heterocycles. The number of nitrogens with one attached hydrogen (secondary N) is 1. The number of aliphatic hydroxyl groups is 2. The number of hydrogen-bond donors (Lipinski definition) is 3. The van der Waals surface area contributed by atoms with E-state index in [0.29, 0.717) is 5.57 Å². The molecule has 2 heterocycles. The van der Waals surface area contributed by atoms with Crippen LogP contribution < -0.4 is 10.1 Å². The van der Waals surface area contributed by atoms with Crippen molar-refractivity contribution < 1.29 is 57.4 Å². The molecule has 1 fully saturated rings. The predicted molar refractivity (Wildman–Crippen MR) is 239 cm³/mol. The maximum absolute atomic E-state index is 12.8. The number of hydrogen-bond acceptors (Lipinski definition) is 13. The Kier molecular flexibility index (Phi) is 15.8. The highest BCUT2D eigenvalue weighted by atomic mass is 35.5. The second-order valence-electron chi connectivity index (χ2n) is 18.0. The molecule has 340 valence electrons. The van der Waals surface area contributed by atoms with Crippen LogP contribution in [0.3, 0.4) is 0 Å². The number of esters is 1. The third kappa shape index (κ3) is 12.0. The fraction of sp³-hybridized carbons (Fsp3) is 0.511. The van der Waals surface area contributed by atoms with Gasteiger partial charge in [-0.1, -0.05) is 86.5 Å². The molecule has 2 aliphatic rings. The maximum Gasteiger partial charge on any atom is 0.408 e. The number of terminal acetylenes is 1. The zero-order chi connectivity index (χ0) is 46.4. The summed E-state index contributed by atoms with van der Waals surface area (Å²) >= 11 is 6.80. The zero-order valence-corrected chi connectivity index (χ0v) is 39.3. The van der Waals surface area contributed by atoms with Crippen molar-refractivity contribution in [2.24, 2.45) is 0 Å². The van der Waals surface area contributed by atoms with Crippen molar-refractivity contribution in [3.05, 3.63) is 82.7 Å². The number of benzene rings is 2. The van der Waals surface area contributed by atoms with Crippen LogP contribution >= 0.6 is 11.6 Å². The number of carbonyl (C=O) groups excluding carboxylic acids is 2. The highest BCUT2D eigenvalue weighted by molar-refractivity contribution is 6.74. The summed E-state index contributed by atoms with van der Waals surface area (Å²) in [5, 5.41) is 27.1. The zero-order valence-electron chi connectivity index (χ0n) is 37.6. The average Bonchev–Trinajstić information content (AvgIpc) is 3.89. The van der Waals surface area contributed by atoms with Crippen molar-refractivity contribution in [1.29, 1.82) is 0 Å². The van der Waals surface area contributed by atoms with Gasteiger partial charge in [-0.25, -0.2) is 9.78 Å². The lowest BCUT2D eigenvalue weighted by Gasteiger charge is -2.40. The molecule has 1 saturated heterocycles. The Morgan fingerprint density at radius 2 is 1.78 bits per heavy atom. The summed E-state index contributed by atoms with van der Waals surface area (Å²) in [6.45, 7) is 14.6. The molecule has 3 aromatic rings. The van der Waals surface area contributed by atoms with E-state index in [2.05, 4.69) is 61.9 Å². The van der Waals surface area contributed by atoms with Crippen LogP contribution in [0, 0.1) is 24.2 Å². The fourth-order valence-electron chi connectivity index (χ4n) is 6.73. The van der Waals surface area contributed by atoms with Crippen molar-refractivity contribution in [2.45, 2.75) is 120 Å². The Hall–Kier alpha value is -4.52. The molecular formula is C47H59ClN2O12Si. The molecule has 2 aromatic carbocycles. The van der Waals surface area contributed by atoms with Gasteiger partial charge in [0, 0.05) is 12.7 Å². The second-order valence-corrected chi connectivity index (χ2v) is 23.1. The number of aliphatic hydroxyl groups excluding tert-OH is 1. The minimum atomic E-state index is -2.60. The van der Waals surface area contributed by atoms with E-state index in [4.69, 9.17) is 55.6 Å². The fourth-order valence-corrected chi connectivity index (χ4v) is 8.23. The molecule has 0 saturated carbocycles. The van der Waals surface area contributed by atoms with Crippen LogP contribution in [0.1, 0.15) is 65.3 Å². The van der Waals surface area contributed by atoms with Gasteiger partial charge in [0.2, 0.25) is 0 Å². The van der Waals surface area contributed by atoms with Crippen molar-refractivity contribution in [3.63, 3.8) is 0 Å². The molecule has 1 aliphatic carbocycles. The summed E-state index contributed by atoms with van der Waals surface area (Å²) in [6, 6.07) is 16.1. The Morgan fingerprint density at radius 3 is 2.38 bits per heavy atom. The molecule has 0 unspecified atom stereocenters. The number of aromatic nitrogens is 1. The van der Waals surface area contributed by atoms with Gasteiger partial charge in [-0.05, 0) is 79.5 Å². The van der Waals surface area contributed by atoms with E-state index in [1.54, 1.807) is 39.0 Å². The van der Waals surface area contributed by atoms with E-state index < -0.39 is 74.2 Å². The van der Waals surface area contributed by atoms with Crippen LogP contribution in [0.4, 0.5) is 4.79 Å². The summed E-state index contributed by atoms with van der Waals surface area (Å²) in [5.74, 6) is 8.30. The first kappa shape index (κ1) is 49.5. The number of alkyl carbamates (subject to hydrolysis) is 1. The molecule has 14 nitrogen and oxygen atoms in total. The van der Waals surface area contributed by atoms with Gasteiger partial charge in [0.05, 0.1) is 45.1 Å². The lowest BCUT2D eigenvalue weighted by Crippen LogP contribution is -2.52. The first-order valence-corrected chi connectivity index (χ1v) is 23.8. The lowest BCUT2D eigenvalue weighted by molar-refractivity contribution is -0.166. The number of rotatable bonds is 17. The van der Waals surface area contributed by atoms with E-state index in [0.717, 1.165) is 16.3 Å². The molecule has 63 heavy (non-hydrogen) atoms. The molecule has 1 aliphatic heterocycles. The van der Waals surface area contributed by atoms with Crippen molar-refractivity contribution in [1.82, 2.24) is 10.3 Å². The highest BCUT2D eigenvalue weighted by Crippen LogP contribution is 2.54. The van der Waals surface area contributed by atoms with E-state index in [-0.39, 0.29) is 48.1 Å². The molecule has 0 bridgehead atoms. The summed E-state index contributed by atoms with van der Waals surface area (Å²) in [7, 11) is 0.0665. The van der Waals surface area contributed by atoms with E-state index in [1.807, 2.05) is 42.5 Å². The van der Waals surface area contributed by atoms with Crippen LogP contribution in [-0.4, -0.2) is 111 Å². The van der Waals surface area contributed by atoms with E-state index in [1.165, 1.54) is 14.2 Å². The predicted octanol–water partition coefficient (Wildman–Crippen LogP) is 6.80. The van der Waals surface area contributed by atoms with Crippen LogP contribution in [0.2, 0.25) is 23.3 Å². The highest BCUT2D eigenvalue weighted by Gasteiger charge is 2.70. The lowest BCUT2D eigenvalue weighted by atomic mass is 9.92. The third-order valence-corrected chi connectivity index (χ3v) is 15.9. The van der Waals surface area contributed by atoms with Crippen LogP contribution in [0.25, 0.3) is 10.8 Å². The first-order valence-electron chi connectivity index (χ1n) is 20.6. The summed E-state index contributed by atoms with van der Waals surface area (Å²) in [5.41, 5.74) is -2.65. The number of carbonyl (C=O) groups is 2. The van der Waals surface area contributed by atoms with Crippen molar-refractivity contribution in [2.75, 3.05) is 34.2 Å². The number of amides is 1. The first-order chi connectivity index (χ1) is 29.6. The van der Waals surface area contributed by atoms with Crippen LogP contribution in [0.5, 0.6) is 5.75 Å². The Morgan fingerprint density at radius 1 is 1.06 bits per heavy atom. The smallest absolute Gasteiger partial charge is 0.408 e. The SMILES string of the molecule is C#C[C@@H]1O[C@]12C(C#C[C@](O)(COCc1ccc3ccccc3c1)[C@@H](CO)OCOC)=C[C@H](Oc1ccc([C@@H](CC(=O)OC)NC(=O)OC(C)(C)C)nc1Cl)[C@@H]2O[Si](C)(C)C(C)(C)C. The quantitative estimate of drug-likeness (QED) is 0.0322. The normalized spacial score (nSPS) is 21.6. The van der Waals surface area contributed by atoms with Gasteiger partial charge in [-0.15, -0.1) is 6.42 Å². The summed E-state index contributed by atoms with van der Waals surface area (Å²) in [4.78, 5) is 29.6. The molecule has 16 heteroatoms. The van der Waals surface area contributed by atoms with Crippen LogP contribution in [0.15, 0.2) is 66.2 Å². The van der Waals surface area contributed by atoms with Gasteiger partial charge in [0.1, 0.15) is 30.7 Å². The third-order valence-electron chi connectivity index (χ3n) is 11.1. The molecular weight excluding hydrogens is 848 g/mol. The monoisotopic (exact) mass is 906 g/mol. The average molecular weight is 908 g/mol. The molecule has 1 spiro atoms. The van der Waals surface area contributed by atoms with Crippen molar-refractivity contribution >= 4 is 42.8 Å². The molecule has 1 amide bonds. The van der Waals surface area contributed by atoms with Crippen LogP contribution in [-0.2, 0) is 44.2 Å². The number of nitrogens with zero attached hydrogens (tertiary/aromatic N) is 1. The standard InChI is InChI=1S/C47H59ClN2O12Si/c1-12-38-47(60-38)33(21-22-46(54,39(26-51)58-29-55-8)28-57-27-30-17-18-31-15-13-14-16-32(31)23-30)24-37(41(47)62-63(10,11)45(5,6)7)59-36-20-19-34(49-42(36)48)35(25-40(52)56-9)50-43(53)61-44(2,3)4/h1,13-20,23-24,35,37-39,41,51,54H,25-29H2,2-11H3,(H,50,53)/t35-,37+,38+,39-,41+,46+,47-/m1/s1. The topological polar surface area (TPSA) is 177 Å². The van der Waals surface area contributed by atoms with Gasteiger partial charge in [-0.3, -0.25) is 4.79 Å². The second kappa shape index (κ2) is 20.1. The number of pyridine rings is 1. The van der Waals surface area contributed by atoms with Gasteiger partial charge in [0.15, 0.2) is 36.5 Å². The molecule has 5 rings (SSSR count). The van der Waals surface area contributed by atoms with Gasteiger partial charge >= 0.3 is 12.1 Å². The number of fused-ring (bicyclic) bond motifs is 1. The maximum atomic E-state index is 12.8. The minimum absolute atomic E-state index is 0.0781. The molecule has 7 atom stereocenters. The Labute approximate surface area is 376 Å². The van der Waals surface area contributed by atoms with Crippen molar-refractivity contribution in [3.8, 4) is 29.9 Å².